The van der Waals surface area contributed by atoms with Crippen LogP contribution in [0.4, 0.5) is 0 Å². The van der Waals surface area contributed by atoms with E-state index in [9.17, 15) is 0 Å². The van der Waals surface area contributed by atoms with Crippen LogP contribution in [0.15, 0.2) is 79.0 Å². The number of rotatable bonds is 4. The van der Waals surface area contributed by atoms with Crippen LogP contribution in [0.25, 0.3) is 21.9 Å². The van der Waals surface area contributed by atoms with Crippen molar-refractivity contribution in [3.8, 4) is 16.9 Å². The lowest BCUT2D eigenvalue weighted by Gasteiger charge is -2.11. The predicted octanol–water partition coefficient (Wildman–Crippen LogP) is 4.36. The molecule has 2 heteroatoms. The summed E-state index contributed by atoms with van der Waals surface area (Å²) in [5, 5.41) is 2.40. The van der Waals surface area contributed by atoms with Gasteiger partial charge in [-0.25, -0.2) is 0 Å². The molecule has 104 valence electrons. The van der Waals surface area contributed by atoms with Gasteiger partial charge in [0.05, 0.1) is 0 Å². The first-order valence-electron chi connectivity index (χ1n) is 6.96. The Hall–Kier alpha value is -2.74. The van der Waals surface area contributed by atoms with Crippen molar-refractivity contribution in [2.45, 2.75) is 0 Å². The molecule has 0 heterocycles. The maximum atomic E-state index is 5.75. The molecule has 0 aliphatic heterocycles. The lowest BCUT2D eigenvalue weighted by atomic mass is 9.98. The molecular formula is C19H17NO. The summed E-state index contributed by atoms with van der Waals surface area (Å²) in [6.45, 7) is 0.475. The van der Waals surface area contributed by atoms with Gasteiger partial charge in [0.25, 0.3) is 0 Å². The van der Waals surface area contributed by atoms with Gasteiger partial charge in [-0.1, -0.05) is 54.6 Å². The molecule has 0 bridgehead atoms. The maximum absolute atomic E-state index is 5.75. The Balaban J connectivity index is 2.12. The van der Waals surface area contributed by atoms with Crippen LogP contribution in [-0.2, 0) is 0 Å². The first kappa shape index (κ1) is 13.3. The maximum Gasteiger partial charge on any atom is 0.121 e. The van der Waals surface area contributed by atoms with Crippen molar-refractivity contribution in [3.05, 3.63) is 79.0 Å². The third kappa shape index (κ3) is 2.90. The van der Waals surface area contributed by atoms with E-state index in [1.165, 1.54) is 28.1 Å². The average Bonchev–Trinajstić information content (AvgIpc) is 2.55. The quantitative estimate of drug-likeness (QED) is 0.768. The lowest BCUT2D eigenvalue weighted by Crippen LogP contribution is -1.95. The number of hydrogen-bond donors (Lipinski definition) is 1. The van der Waals surface area contributed by atoms with E-state index < -0.39 is 0 Å². The third-order valence-corrected chi connectivity index (χ3v) is 3.40. The van der Waals surface area contributed by atoms with Gasteiger partial charge in [0.15, 0.2) is 0 Å². The number of fused-ring (bicyclic) bond motifs is 1. The SMILES string of the molecule is NC=CCOc1cc(-c2ccccc2)c2ccccc2c1. The second kappa shape index (κ2) is 6.14. The van der Waals surface area contributed by atoms with Crippen molar-refractivity contribution < 1.29 is 4.74 Å². The molecule has 3 rings (SSSR count). The Morgan fingerprint density at radius 1 is 0.905 bits per heavy atom. The van der Waals surface area contributed by atoms with Crippen molar-refractivity contribution in [3.63, 3.8) is 0 Å². The molecule has 0 unspecified atom stereocenters. The van der Waals surface area contributed by atoms with Gasteiger partial charge in [0.1, 0.15) is 12.4 Å². The van der Waals surface area contributed by atoms with E-state index in [4.69, 9.17) is 10.5 Å². The average molecular weight is 275 g/mol. The third-order valence-electron chi connectivity index (χ3n) is 3.40. The minimum atomic E-state index is 0.475. The Bertz CT molecular complexity index is 763. The minimum absolute atomic E-state index is 0.475. The van der Waals surface area contributed by atoms with Crippen LogP contribution in [0.1, 0.15) is 0 Å². The van der Waals surface area contributed by atoms with Crippen molar-refractivity contribution in [1.82, 2.24) is 0 Å². The largest absolute Gasteiger partial charge is 0.489 e. The molecule has 2 N–H and O–H groups in total. The highest BCUT2D eigenvalue weighted by atomic mass is 16.5. The molecule has 0 aliphatic carbocycles. The fourth-order valence-electron chi connectivity index (χ4n) is 2.42. The van der Waals surface area contributed by atoms with E-state index in [1.807, 2.05) is 12.1 Å². The molecular weight excluding hydrogens is 258 g/mol. The van der Waals surface area contributed by atoms with Crippen molar-refractivity contribution >= 4 is 10.8 Å². The van der Waals surface area contributed by atoms with Crippen LogP contribution >= 0.6 is 0 Å². The van der Waals surface area contributed by atoms with E-state index in [0.717, 1.165) is 5.75 Å². The topological polar surface area (TPSA) is 35.2 Å². The Kier molecular flexibility index (Phi) is 3.88. The van der Waals surface area contributed by atoms with Crippen LogP contribution in [0, 0.1) is 0 Å². The van der Waals surface area contributed by atoms with Crippen molar-refractivity contribution in [2.24, 2.45) is 5.73 Å². The second-order valence-electron chi connectivity index (χ2n) is 4.80. The zero-order valence-corrected chi connectivity index (χ0v) is 11.7. The molecule has 0 amide bonds. The van der Waals surface area contributed by atoms with Gasteiger partial charge in [0.2, 0.25) is 0 Å². The van der Waals surface area contributed by atoms with Gasteiger partial charge >= 0.3 is 0 Å². The molecule has 0 fully saturated rings. The van der Waals surface area contributed by atoms with E-state index in [1.54, 1.807) is 6.08 Å². The van der Waals surface area contributed by atoms with Gasteiger partial charge in [-0.2, -0.15) is 0 Å². The van der Waals surface area contributed by atoms with E-state index in [-0.39, 0.29) is 0 Å². The van der Waals surface area contributed by atoms with Gasteiger partial charge < -0.3 is 10.5 Å². The summed E-state index contributed by atoms with van der Waals surface area (Å²) in [4.78, 5) is 0. The summed E-state index contributed by atoms with van der Waals surface area (Å²) in [5.41, 5.74) is 7.71. The molecule has 0 saturated heterocycles. The summed E-state index contributed by atoms with van der Waals surface area (Å²) >= 11 is 0. The molecule has 0 aliphatic rings. The Morgan fingerprint density at radius 2 is 1.67 bits per heavy atom. The molecule has 0 atom stereocenters. The van der Waals surface area contributed by atoms with Gasteiger partial charge in [0, 0.05) is 0 Å². The zero-order chi connectivity index (χ0) is 14.5. The monoisotopic (exact) mass is 275 g/mol. The lowest BCUT2D eigenvalue weighted by molar-refractivity contribution is 0.363. The molecule has 0 aromatic heterocycles. The smallest absolute Gasteiger partial charge is 0.121 e. The first-order chi connectivity index (χ1) is 10.4. The van der Waals surface area contributed by atoms with E-state index in [0.29, 0.717) is 6.61 Å². The molecule has 2 nitrogen and oxygen atoms in total. The fourth-order valence-corrected chi connectivity index (χ4v) is 2.42. The molecule has 21 heavy (non-hydrogen) atoms. The predicted molar refractivity (Wildman–Crippen MR) is 88.2 cm³/mol. The fraction of sp³-hybridized carbons (Fsp3) is 0.0526. The molecule has 3 aromatic rings. The van der Waals surface area contributed by atoms with E-state index in [2.05, 4.69) is 54.6 Å². The first-order valence-corrected chi connectivity index (χ1v) is 6.96. The molecule has 0 radical (unpaired) electrons. The normalized spacial score (nSPS) is 11.0. The standard InChI is InChI=1S/C19H17NO/c20-11-6-12-21-17-13-16-9-4-5-10-18(16)19(14-17)15-7-2-1-3-8-15/h1-11,13-14H,12,20H2. The van der Waals surface area contributed by atoms with Crippen molar-refractivity contribution in [1.29, 1.82) is 0 Å². The van der Waals surface area contributed by atoms with Crippen LogP contribution in [0.3, 0.4) is 0 Å². The minimum Gasteiger partial charge on any atom is -0.489 e. The highest BCUT2D eigenvalue weighted by Gasteiger charge is 2.06. The molecule has 3 aromatic carbocycles. The van der Waals surface area contributed by atoms with Crippen LogP contribution in [-0.4, -0.2) is 6.61 Å². The Labute approximate surface area is 124 Å². The van der Waals surface area contributed by atoms with Crippen molar-refractivity contribution in [2.75, 3.05) is 6.61 Å². The highest BCUT2D eigenvalue weighted by Crippen LogP contribution is 2.32. The molecule has 0 spiro atoms. The van der Waals surface area contributed by atoms with Crippen LogP contribution in [0.5, 0.6) is 5.75 Å². The van der Waals surface area contributed by atoms with Gasteiger partial charge in [-0.3, -0.25) is 0 Å². The molecule has 0 saturated carbocycles. The van der Waals surface area contributed by atoms with Crippen LogP contribution in [0.2, 0.25) is 0 Å². The highest BCUT2D eigenvalue weighted by molar-refractivity contribution is 5.97. The van der Waals surface area contributed by atoms with Crippen LogP contribution < -0.4 is 10.5 Å². The number of ether oxygens (including phenoxy) is 1. The van der Waals surface area contributed by atoms with Gasteiger partial charge in [-0.15, -0.1) is 0 Å². The number of benzene rings is 3. The summed E-state index contributed by atoms with van der Waals surface area (Å²) in [6, 6.07) is 22.9. The zero-order valence-electron chi connectivity index (χ0n) is 11.7. The summed E-state index contributed by atoms with van der Waals surface area (Å²) < 4.78 is 5.75. The second-order valence-corrected chi connectivity index (χ2v) is 4.80. The summed E-state index contributed by atoms with van der Waals surface area (Å²) in [5.74, 6) is 0.852. The summed E-state index contributed by atoms with van der Waals surface area (Å²) in [7, 11) is 0. The Morgan fingerprint density at radius 3 is 2.48 bits per heavy atom. The summed E-state index contributed by atoms with van der Waals surface area (Å²) in [6.07, 6.45) is 3.29. The van der Waals surface area contributed by atoms with E-state index >= 15 is 0 Å². The number of hydrogen-bond acceptors (Lipinski definition) is 2. The number of nitrogens with two attached hydrogens (primary N) is 1. The van der Waals surface area contributed by atoms with Gasteiger partial charge in [-0.05, 0) is 46.3 Å².